The number of aryl methyl sites for hydroxylation is 1. The molecular weight excluding hydrogens is 198 g/mol. The Morgan fingerprint density at radius 3 is 2.62 bits per heavy atom. The third kappa shape index (κ3) is 3.66. The van der Waals surface area contributed by atoms with Crippen molar-refractivity contribution in [2.24, 2.45) is 4.99 Å². The van der Waals surface area contributed by atoms with Crippen molar-refractivity contribution >= 4 is 17.1 Å². The summed E-state index contributed by atoms with van der Waals surface area (Å²) in [4.78, 5) is 6.76. The van der Waals surface area contributed by atoms with Crippen molar-refractivity contribution in [3.8, 4) is 0 Å². The number of nitrogens with one attached hydrogen (secondary N) is 1. The molecule has 0 unspecified atom stereocenters. The fraction of sp³-hybridized carbons (Fsp3) is 0.462. The highest BCUT2D eigenvalue weighted by Crippen LogP contribution is 2.23. The summed E-state index contributed by atoms with van der Waals surface area (Å²) in [5.74, 6) is 0. The number of hydrogen-bond acceptors (Lipinski definition) is 3. The Hall–Kier alpha value is -1.35. The van der Waals surface area contributed by atoms with Crippen molar-refractivity contribution < 1.29 is 0 Å². The van der Waals surface area contributed by atoms with Crippen molar-refractivity contribution in [1.82, 2.24) is 4.90 Å². The van der Waals surface area contributed by atoms with Crippen molar-refractivity contribution in [1.29, 1.82) is 0 Å². The van der Waals surface area contributed by atoms with Gasteiger partial charge in [-0.1, -0.05) is 6.07 Å². The molecule has 0 radical (unpaired) electrons. The molecule has 0 atom stereocenters. The summed E-state index contributed by atoms with van der Waals surface area (Å²) in [5.41, 5.74) is 4.48. The van der Waals surface area contributed by atoms with Crippen LogP contribution in [0, 0.1) is 6.92 Å². The molecule has 0 fully saturated rings. The maximum Gasteiger partial charge on any atom is 0.0679 e. The average molecular weight is 219 g/mol. The second kappa shape index (κ2) is 5.66. The van der Waals surface area contributed by atoms with Crippen LogP contribution in [0.4, 0.5) is 11.4 Å². The zero-order chi connectivity index (χ0) is 12.1. The molecule has 3 nitrogen and oxygen atoms in total. The fourth-order valence-electron chi connectivity index (χ4n) is 1.58. The van der Waals surface area contributed by atoms with Crippen LogP contribution in [0.5, 0.6) is 0 Å². The summed E-state index contributed by atoms with van der Waals surface area (Å²) in [7, 11) is 6.02. The number of anilines is 1. The molecule has 1 aromatic rings. The highest BCUT2D eigenvalue weighted by molar-refractivity contribution is 5.87. The molecule has 0 bridgehead atoms. The van der Waals surface area contributed by atoms with Gasteiger partial charge in [0.05, 0.1) is 5.69 Å². The van der Waals surface area contributed by atoms with Gasteiger partial charge in [0.25, 0.3) is 0 Å². The van der Waals surface area contributed by atoms with Crippen LogP contribution in [-0.2, 0) is 0 Å². The molecule has 0 saturated carbocycles. The van der Waals surface area contributed by atoms with Crippen LogP contribution in [0.25, 0.3) is 0 Å². The zero-order valence-corrected chi connectivity index (χ0v) is 10.8. The lowest BCUT2D eigenvalue weighted by Crippen LogP contribution is -2.19. The maximum absolute atomic E-state index is 4.64. The van der Waals surface area contributed by atoms with Crippen LogP contribution in [0.3, 0.4) is 0 Å². The second-order valence-corrected chi connectivity index (χ2v) is 4.34. The third-order valence-corrected chi connectivity index (χ3v) is 2.35. The average Bonchev–Trinajstić information content (AvgIpc) is 2.20. The standard InChI is InChI=1S/C13H21N3/c1-10-6-7-12(14-3)8-13(10)15-11(2)9-16(4)5/h6-8,14H,9H2,1-5H3. The van der Waals surface area contributed by atoms with Gasteiger partial charge in [-0.3, -0.25) is 4.99 Å². The quantitative estimate of drug-likeness (QED) is 0.788. The molecular formula is C13H21N3. The Labute approximate surface area is 98.2 Å². The van der Waals surface area contributed by atoms with Gasteiger partial charge in [0, 0.05) is 25.0 Å². The summed E-state index contributed by atoms with van der Waals surface area (Å²) in [5, 5.41) is 3.13. The van der Waals surface area contributed by atoms with E-state index in [1.165, 1.54) is 5.56 Å². The second-order valence-electron chi connectivity index (χ2n) is 4.34. The van der Waals surface area contributed by atoms with E-state index in [9.17, 15) is 0 Å². The van der Waals surface area contributed by atoms with Gasteiger partial charge in [-0.25, -0.2) is 0 Å². The molecule has 0 heterocycles. The number of aliphatic imine (C=N–C) groups is 1. The minimum Gasteiger partial charge on any atom is -0.388 e. The lowest BCUT2D eigenvalue weighted by molar-refractivity contribution is 0.469. The number of benzene rings is 1. The minimum atomic E-state index is 0.892. The predicted molar refractivity (Wildman–Crippen MR) is 72.0 cm³/mol. The van der Waals surface area contributed by atoms with Crippen LogP contribution in [0.2, 0.25) is 0 Å². The number of hydrogen-bond donors (Lipinski definition) is 1. The molecule has 1 N–H and O–H groups in total. The summed E-state index contributed by atoms with van der Waals surface area (Å²) in [6, 6.07) is 6.23. The van der Waals surface area contributed by atoms with E-state index >= 15 is 0 Å². The monoisotopic (exact) mass is 219 g/mol. The predicted octanol–water partition coefficient (Wildman–Crippen LogP) is 2.69. The molecule has 1 rings (SSSR count). The van der Waals surface area contributed by atoms with Gasteiger partial charge >= 0.3 is 0 Å². The fourth-order valence-corrected chi connectivity index (χ4v) is 1.58. The maximum atomic E-state index is 4.64. The molecule has 0 aliphatic heterocycles. The Bertz CT molecular complexity index is 381. The minimum absolute atomic E-state index is 0.892. The van der Waals surface area contributed by atoms with E-state index in [-0.39, 0.29) is 0 Å². The summed E-state index contributed by atoms with van der Waals surface area (Å²) < 4.78 is 0. The van der Waals surface area contributed by atoms with Crippen LogP contribution >= 0.6 is 0 Å². The van der Waals surface area contributed by atoms with Gasteiger partial charge in [-0.15, -0.1) is 0 Å². The normalized spacial score (nSPS) is 12.0. The molecule has 0 aliphatic rings. The van der Waals surface area contributed by atoms with Gasteiger partial charge in [0.1, 0.15) is 0 Å². The molecule has 88 valence electrons. The molecule has 0 aliphatic carbocycles. The van der Waals surface area contributed by atoms with E-state index in [0.29, 0.717) is 0 Å². The molecule has 0 saturated heterocycles. The molecule has 0 aromatic heterocycles. The van der Waals surface area contributed by atoms with E-state index < -0.39 is 0 Å². The van der Waals surface area contributed by atoms with Crippen LogP contribution in [0.1, 0.15) is 12.5 Å². The first-order chi connectivity index (χ1) is 7.52. The summed E-state index contributed by atoms with van der Waals surface area (Å²) in [6.45, 7) is 5.04. The van der Waals surface area contributed by atoms with Crippen LogP contribution in [0.15, 0.2) is 23.2 Å². The van der Waals surface area contributed by atoms with Gasteiger partial charge in [0.15, 0.2) is 0 Å². The summed E-state index contributed by atoms with van der Waals surface area (Å²) >= 11 is 0. The van der Waals surface area contributed by atoms with E-state index in [0.717, 1.165) is 23.6 Å². The van der Waals surface area contributed by atoms with Gasteiger partial charge < -0.3 is 10.2 Å². The van der Waals surface area contributed by atoms with Crippen molar-refractivity contribution in [2.75, 3.05) is 33.0 Å². The van der Waals surface area contributed by atoms with Crippen LogP contribution < -0.4 is 5.32 Å². The van der Waals surface area contributed by atoms with E-state index in [2.05, 4.69) is 61.4 Å². The van der Waals surface area contributed by atoms with Crippen molar-refractivity contribution in [3.63, 3.8) is 0 Å². The van der Waals surface area contributed by atoms with Gasteiger partial charge in [-0.2, -0.15) is 0 Å². The Kier molecular flexibility index (Phi) is 4.50. The zero-order valence-electron chi connectivity index (χ0n) is 10.8. The molecule has 0 spiro atoms. The van der Waals surface area contributed by atoms with E-state index in [4.69, 9.17) is 0 Å². The molecule has 0 amide bonds. The SMILES string of the molecule is CNc1ccc(C)c(N=C(C)CN(C)C)c1. The first-order valence-electron chi connectivity index (χ1n) is 5.50. The van der Waals surface area contributed by atoms with Crippen molar-refractivity contribution in [3.05, 3.63) is 23.8 Å². The van der Waals surface area contributed by atoms with Gasteiger partial charge in [0.2, 0.25) is 0 Å². The van der Waals surface area contributed by atoms with Crippen LogP contribution in [-0.4, -0.2) is 38.3 Å². The third-order valence-electron chi connectivity index (χ3n) is 2.35. The van der Waals surface area contributed by atoms with E-state index in [1.807, 2.05) is 7.05 Å². The first-order valence-corrected chi connectivity index (χ1v) is 5.50. The summed E-state index contributed by atoms with van der Waals surface area (Å²) in [6.07, 6.45) is 0. The number of rotatable bonds is 4. The molecule has 3 heteroatoms. The topological polar surface area (TPSA) is 27.6 Å². The number of nitrogens with zero attached hydrogens (tertiary/aromatic N) is 2. The molecule has 16 heavy (non-hydrogen) atoms. The highest BCUT2D eigenvalue weighted by Gasteiger charge is 2.00. The van der Waals surface area contributed by atoms with Crippen molar-refractivity contribution in [2.45, 2.75) is 13.8 Å². The Balaban J connectivity index is 2.94. The lowest BCUT2D eigenvalue weighted by Gasteiger charge is -2.10. The van der Waals surface area contributed by atoms with Gasteiger partial charge in [-0.05, 0) is 45.6 Å². The lowest BCUT2D eigenvalue weighted by atomic mass is 10.2. The molecule has 1 aromatic carbocycles. The highest BCUT2D eigenvalue weighted by atomic mass is 15.1. The smallest absolute Gasteiger partial charge is 0.0679 e. The largest absolute Gasteiger partial charge is 0.388 e. The first kappa shape index (κ1) is 12.7. The Morgan fingerprint density at radius 2 is 2.06 bits per heavy atom. The van der Waals surface area contributed by atoms with E-state index in [1.54, 1.807) is 0 Å². The Morgan fingerprint density at radius 1 is 1.38 bits per heavy atom.